The highest BCUT2D eigenvalue weighted by atomic mass is 32.2. The fourth-order valence-corrected chi connectivity index (χ4v) is 3.17. The summed E-state index contributed by atoms with van der Waals surface area (Å²) in [4.78, 5) is 11.0. The molecule has 0 radical (unpaired) electrons. The number of hydrogen-bond donors (Lipinski definition) is 1. The molecule has 5 nitrogen and oxygen atoms in total. The number of nitrogens with zero attached hydrogens (tertiary/aromatic N) is 1. The van der Waals surface area contributed by atoms with Crippen LogP contribution in [0, 0.1) is 5.92 Å². The molecule has 1 rings (SSSR count). The molecule has 1 saturated heterocycles. The van der Waals surface area contributed by atoms with Gasteiger partial charge in [-0.25, -0.2) is 8.42 Å². The third kappa shape index (κ3) is 2.24. The quantitative estimate of drug-likeness (QED) is 0.683. The lowest BCUT2D eigenvalue weighted by molar-refractivity contribution is -0.124. The number of hydrogen-bond acceptors (Lipinski definition) is 3. The van der Waals surface area contributed by atoms with Crippen LogP contribution in [0.1, 0.15) is 19.8 Å². The summed E-state index contributed by atoms with van der Waals surface area (Å²) in [6, 6.07) is -0.309. The molecule has 0 aromatic heterocycles. The van der Waals surface area contributed by atoms with Crippen LogP contribution in [0.5, 0.6) is 0 Å². The maximum absolute atomic E-state index is 11.3. The van der Waals surface area contributed by atoms with E-state index in [0.29, 0.717) is 19.4 Å². The minimum atomic E-state index is -3.22. The van der Waals surface area contributed by atoms with Crippen molar-refractivity contribution in [1.82, 2.24) is 4.31 Å². The minimum absolute atomic E-state index is 0.309. The highest BCUT2D eigenvalue weighted by Gasteiger charge is 2.35. The highest BCUT2D eigenvalue weighted by molar-refractivity contribution is 7.88. The molecule has 0 spiro atoms. The zero-order valence-corrected chi connectivity index (χ0v) is 9.25. The molecule has 1 amide bonds. The van der Waals surface area contributed by atoms with Crippen LogP contribution in [0.25, 0.3) is 0 Å². The zero-order valence-electron chi connectivity index (χ0n) is 8.43. The van der Waals surface area contributed by atoms with Crippen LogP contribution < -0.4 is 5.73 Å². The van der Waals surface area contributed by atoms with Crippen molar-refractivity contribution in [1.29, 1.82) is 0 Å². The van der Waals surface area contributed by atoms with Gasteiger partial charge in [0.05, 0.1) is 12.2 Å². The van der Waals surface area contributed by atoms with Crippen molar-refractivity contribution < 1.29 is 13.2 Å². The number of rotatable bonds is 2. The first-order valence-corrected chi connectivity index (χ1v) is 6.45. The van der Waals surface area contributed by atoms with Crippen LogP contribution in [0.15, 0.2) is 0 Å². The molecule has 1 aliphatic rings. The molecule has 0 saturated carbocycles. The van der Waals surface area contributed by atoms with Crippen molar-refractivity contribution >= 4 is 15.9 Å². The molecular weight excluding hydrogens is 204 g/mol. The summed E-state index contributed by atoms with van der Waals surface area (Å²) < 4.78 is 24.0. The minimum Gasteiger partial charge on any atom is -0.369 e. The summed E-state index contributed by atoms with van der Waals surface area (Å²) in [6.07, 6.45) is 2.54. The van der Waals surface area contributed by atoms with Crippen molar-refractivity contribution in [2.75, 3.05) is 12.8 Å². The van der Waals surface area contributed by atoms with Crippen molar-refractivity contribution in [2.24, 2.45) is 11.7 Å². The Morgan fingerprint density at radius 2 is 2.07 bits per heavy atom. The molecule has 2 unspecified atom stereocenters. The Morgan fingerprint density at radius 3 is 2.50 bits per heavy atom. The molecule has 0 bridgehead atoms. The fraction of sp³-hybridized carbons (Fsp3) is 0.875. The van der Waals surface area contributed by atoms with Gasteiger partial charge in [0.2, 0.25) is 15.9 Å². The second-order valence-corrected chi connectivity index (χ2v) is 5.70. The van der Waals surface area contributed by atoms with Crippen LogP contribution >= 0.6 is 0 Å². The topological polar surface area (TPSA) is 80.5 Å². The lowest BCUT2D eigenvalue weighted by Crippen LogP contribution is -2.50. The zero-order chi connectivity index (χ0) is 10.9. The fourth-order valence-electron chi connectivity index (χ4n) is 1.96. The van der Waals surface area contributed by atoms with Gasteiger partial charge in [-0.2, -0.15) is 4.31 Å². The Hall–Kier alpha value is -0.620. The lowest BCUT2D eigenvalue weighted by atomic mass is 9.91. The van der Waals surface area contributed by atoms with Gasteiger partial charge in [-0.1, -0.05) is 0 Å². The third-order valence-electron chi connectivity index (χ3n) is 2.72. The van der Waals surface area contributed by atoms with Crippen molar-refractivity contribution in [3.63, 3.8) is 0 Å². The predicted molar refractivity (Wildman–Crippen MR) is 52.9 cm³/mol. The highest BCUT2D eigenvalue weighted by Crippen LogP contribution is 2.24. The molecule has 1 aliphatic heterocycles. The number of primary amides is 1. The third-order valence-corrected chi connectivity index (χ3v) is 4.09. The van der Waals surface area contributed by atoms with Crippen molar-refractivity contribution in [2.45, 2.75) is 25.8 Å². The summed E-state index contributed by atoms with van der Waals surface area (Å²) >= 11 is 0. The molecule has 14 heavy (non-hydrogen) atoms. The maximum Gasteiger partial charge on any atom is 0.222 e. The van der Waals surface area contributed by atoms with Crippen molar-refractivity contribution in [3.05, 3.63) is 0 Å². The monoisotopic (exact) mass is 220 g/mol. The van der Waals surface area contributed by atoms with Crippen molar-refractivity contribution in [3.8, 4) is 0 Å². The number of carbonyl (C=O) groups is 1. The predicted octanol–water partition coefficient (Wildman–Crippen LogP) is -0.468. The molecule has 82 valence electrons. The number of nitrogens with two attached hydrogens (primary N) is 1. The number of amides is 1. The van der Waals surface area contributed by atoms with E-state index >= 15 is 0 Å². The Kier molecular flexibility index (Phi) is 3.16. The van der Waals surface area contributed by atoms with E-state index in [0.717, 1.165) is 6.26 Å². The first-order chi connectivity index (χ1) is 6.34. The van der Waals surface area contributed by atoms with Crippen LogP contribution in [0.3, 0.4) is 0 Å². The van der Waals surface area contributed by atoms with Gasteiger partial charge in [-0.3, -0.25) is 4.79 Å². The summed E-state index contributed by atoms with van der Waals surface area (Å²) in [7, 11) is -3.22. The standard InChI is InChI=1S/C8H16N2O3S/c1-6-7(8(9)11)4-3-5-10(6)14(2,12)13/h6-7H,3-5H2,1-2H3,(H2,9,11). The molecule has 0 aliphatic carbocycles. The van der Waals surface area contributed by atoms with Gasteiger partial charge in [-0.05, 0) is 19.8 Å². The summed E-state index contributed by atoms with van der Waals surface area (Å²) in [5.41, 5.74) is 5.20. The van der Waals surface area contributed by atoms with Gasteiger partial charge in [0.25, 0.3) is 0 Å². The Bertz CT molecular complexity index is 325. The average Bonchev–Trinajstić information content (AvgIpc) is 2.01. The molecular formula is C8H16N2O3S. The Balaban J connectivity index is 2.87. The SMILES string of the molecule is CC1C(C(N)=O)CCCN1S(C)(=O)=O. The van der Waals surface area contributed by atoms with E-state index in [1.165, 1.54) is 4.31 Å². The number of sulfonamides is 1. The van der Waals surface area contributed by atoms with Gasteiger partial charge in [-0.15, -0.1) is 0 Å². The van der Waals surface area contributed by atoms with Crippen LogP contribution in [-0.4, -0.2) is 37.5 Å². The van der Waals surface area contributed by atoms with Crippen LogP contribution in [0.4, 0.5) is 0 Å². The molecule has 0 aromatic rings. The molecule has 1 heterocycles. The molecule has 1 fully saturated rings. The van der Waals surface area contributed by atoms with E-state index < -0.39 is 15.9 Å². The van der Waals surface area contributed by atoms with Crippen LogP contribution in [0.2, 0.25) is 0 Å². The summed E-state index contributed by atoms with van der Waals surface area (Å²) in [5, 5.41) is 0. The van der Waals surface area contributed by atoms with E-state index in [2.05, 4.69) is 0 Å². The first-order valence-electron chi connectivity index (χ1n) is 4.60. The smallest absolute Gasteiger partial charge is 0.222 e. The lowest BCUT2D eigenvalue weighted by Gasteiger charge is -2.35. The van der Waals surface area contributed by atoms with Gasteiger partial charge < -0.3 is 5.73 Å². The maximum atomic E-state index is 11.3. The molecule has 0 aromatic carbocycles. The Labute approximate surface area is 84.3 Å². The summed E-state index contributed by atoms with van der Waals surface area (Å²) in [6.45, 7) is 2.22. The van der Waals surface area contributed by atoms with E-state index in [1.807, 2.05) is 0 Å². The second-order valence-electron chi connectivity index (χ2n) is 3.77. The summed E-state index contributed by atoms with van der Waals surface area (Å²) in [5.74, 6) is -0.760. The van der Waals surface area contributed by atoms with E-state index in [4.69, 9.17) is 5.73 Å². The van der Waals surface area contributed by atoms with Crippen LogP contribution in [-0.2, 0) is 14.8 Å². The molecule has 2 N–H and O–H groups in total. The molecule has 6 heteroatoms. The normalized spacial score (nSPS) is 30.1. The van der Waals surface area contributed by atoms with Gasteiger partial charge >= 0.3 is 0 Å². The van der Waals surface area contributed by atoms with E-state index in [-0.39, 0.29) is 12.0 Å². The van der Waals surface area contributed by atoms with Gasteiger partial charge in [0.1, 0.15) is 0 Å². The largest absolute Gasteiger partial charge is 0.369 e. The van der Waals surface area contributed by atoms with E-state index in [1.54, 1.807) is 6.92 Å². The molecule has 2 atom stereocenters. The second kappa shape index (κ2) is 3.86. The van der Waals surface area contributed by atoms with Gasteiger partial charge in [0.15, 0.2) is 0 Å². The average molecular weight is 220 g/mol. The van der Waals surface area contributed by atoms with Gasteiger partial charge in [0, 0.05) is 12.6 Å². The first kappa shape index (κ1) is 11.5. The number of carbonyl (C=O) groups excluding carboxylic acids is 1. The van der Waals surface area contributed by atoms with E-state index in [9.17, 15) is 13.2 Å². The number of piperidine rings is 1. The Morgan fingerprint density at radius 1 is 1.50 bits per heavy atom.